The number of H-pyrrole nitrogens is 1. The third-order valence-electron chi connectivity index (χ3n) is 2.62. The Labute approximate surface area is 106 Å². The van der Waals surface area contributed by atoms with Gasteiger partial charge in [0.15, 0.2) is 5.16 Å². The van der Waals surface area contributed by atoms with E-state index in [0.717, 1.165) is 5.16 Å². The molecule has 3 N–H and O–H groups in total. The summed E-state index contributed by atoms with van der Waals surface area (Å²) in [5.41, 5.74) is 5.71. The van der Waals surface area contributed by atoms with Crippen molar-refractivity contribution in [1.29, 1.82) is 0 Å². The first-order valence-electron chi connectivity index (χ1n) is 5.81. The molecule has 1 aromatic rings. The van der Waals surface area contributed by atoms with E-state index >= 15 is 0 Å². The van der Waals surface area contributed by atoms with Gasteiger partial charge in [-0.15, -0.1) is 5.10 Å². The number of nitrogens with one attached hydrogen (secondary N) is 1. The van der Waals surface area contributed by atoms with Gasteiger partial charge in [-0.25, -0.2) is 9.89 Å². The molecule has 98 valence electrons. The minimum absolute atomic E-state index is 0.0796. The molecule has 0 aliphatic rings. The quantitative estimate of drug-likeness (QED) is 0.805. The Morgan fingerprint density at radius 3 is 2.47 bits per heavy atom. The van der Waals surface area contributed by atoms with Crippen molar-refractivity contribution in [3.8, 4) is 0 Å². The molecule has 0 saturated heterocycles. The van der Waals surface area contributed by atoms with Crippen LogP contribution in [0, 0.1) is 5.41 Å². The first kappa shape index (κ1) is 14.3. The van der Waals surface area contributed by atoms with Crippen LogP contribution in [0.15, 0.2) is 9.95 Å². The molecule has 0 aliphatic heterocycles. The lowest BCUT2D eigenvalue weighted by atomic mass is 9.92. The van der Waals surface area contributed by atoms with Gasteiger partial charge in [-0.2, -0.15) is 0 Å². The first-order chi connectivity index (χ1) is 7.77. The molecule has 0 aliphatic carbocycles. The molecule has 17 heavy (non-hydrogen) atoms. The van der Waals surface area contributed by atoms with E-state index in [1.807, 2.05) is 13.8 Å². The largest absolute Gasteiger partial charge is 0.344 e. The van der Waals surface area contributed by atoms with Crippen molar-refractivity contribution in [3.63, 3.8) is 0 Å². The van der Waals surface area contributed by atoms with Gasteiger partial charge in [-0.05, 0) is 19.3 Å². The van der Waals surface area contributed by atoms with Crippen LogP contribution in [0.5, 0.6) is 0 Å². The number of hydrogen-bond acceptors (Lipinski definition) is 4. The van der Waals surface area contributed by atoms with E-state index in [9.17, 15) is 4.79 Å². The number of rotatable bonds is 4. The third kappa shape index (κ3) is 3.35. The molecule has 1 atom stereocenters. The standard InChI is InChI=1S/C11H22N4OS/c1-7(2)15-9(16)13-14-10(15)17-8(6-12)11(3,4)5/h7-8H,6,12H2,1-5H3,(H,13,16). The second-order valence-electron chi connectivity index (χ2n) is 5.48. The summed E-state index contributed by atoms with van der Waals surface area (Å²) in [4.78, 5) is 11.6. The first-order valence-corrected chi connectivity index (χ1v) is 6.69. The summed E-state index contributed by atoms with van der Waals surface area (Å²) < 4.78 is 1.67. The maximum Gasteiger partial charge on any atom is 0.344 e. The van der Waals surface area contributed by atoms with Gasteiger partial charge in [0.05, 0.1) is 0 Å². The van der Waals surface area contributed by atoms with Gasteiger partial charge in [-0.3, -0.25) is 4.57 Å². The van der Waals surface area contributed by atoms with E-state index in [1.54, 1.807) is 16.3 Å². The highest BCUT2D eigenvalue weighted by atomic mass is 32.2. The number of nitrogens with two attached hydrogens (primary N) is 1. The highest BCUT2D eigenvalue weighted by Gasteiger charge is 2.27. The SMILES string of the molecule is CC(C)n1c(SC(CN)C(C)(C)C)n[nH]c1=O. The number of aromatic nitrogens is 3. The van der Waals surface area contributed by atoms with E-state index in [2.05, 4.69) is 31.0 Å². The van der Waals surface area contributed by atoms with Crippen LogP contribution >= 0.6 is 11.8 Å². The lowest BCUT2D eigenvalue weighted by molar-refractivity contribution is 0.396. The zero-order chi connectivity index (χ0) is 13.2. The fourth-order valence-electron chi connectivity index (χ4n) is 1.53. The lowest BCUT2D eigenvalue weighted by Gasteiger charge is -2.28. The molecule has 0 saturated carbocycles. The van der Waals surface area contributed by atoms with Gasteiger partial charge in [0, 0.05) is 17.8 Å². The third-order valence-corrected chi connectivity index (χ3v) is 4.30. The fourth-order valence-corrected chi connectivity index (χ4v) is 2.74. The second-order valence-corrected chi connectivity index (χ2v) is 6.65. The Morgan fingerprint density at radius 2 is 2.06 bits per heavy atom. The summed E-state index contributed by atoms with van der Waals surface area (Å²) >= 11 is 1.57. The van der Waals surface area contributed by atoms with E-state index in [0.29, 0.717) is 6.54 Å². The fraction of sp³-hybridized carbons (Fsp3) is 0.818. The number of nitrogens with zero attached hydrogens (tertiary/aromatic N) is 2. The molecule has 1 aromatic heterocycles. The minimum Gasteiger partial charge on any atom is -0.329 e. The predicted octanol–water partition coefficient (Wildman–Crippen LogP) is 1.62. The van der Waals surface area contributed by atoms with Crippen molar-refractivity contribution in [2.75, 3.05) is 6.54 Å². The lowest BCUT2D eigenvalue weighted by Crippen LogP contribution is -2.31. The molecular formula is C11H22N4OS. The van der Waals surface area contributed by atoms with Crippen molar-refractivity contribution in [3.05, 3.63) is 10.5 Å². The van der Waals surface area contributed by atoms with Crippen LogP contribution in [0.25, 0.3) is 0 Å². The van der Waals surface area contributed by atoms with Crippen LogP contribution in [0.3, 0.4) is 0 Å². The monoisotopic (exact) mass is 258 g/mol. The Balaban J connectivity index is 2.99. The maximum atomic E-state index is 11.6. The highest BCUT2D eigenvalue weighted by molar-refractivity contribution is 7.99. The molecule has 1 heterocycles. The van der Waals surface area contributed by atoms with Crippen LogP contribution in [-0.2, 0) is 0 Å². The number of aromatic amines is 1. The predicted molar refractivity (Wildman–Crippen MR) is 71.4 cm³/mol. The summed E-state index contributed by atoms with van der Waals surface area (Å²) in [6.45, 7) is 10.9. The van der Waals surface area contributed by atoms with E-state index in [1.165, 1.54) is 0 Å². The molecule has 0 radical (unpaired) electrons. The Hall–Kier alpha value is -0.750. The summed E-state index contributed by atoms with van der Waals surface area (Å²) in [5, 5.41) is 7.52. The van der Waals surface area contributed by atoms with Crippen LogP contribution < -0.4 is 11.4 Å². The average Bonchev–Trinajstić information content (AvgIpc) is 2.54. The zero-order valence-corrected chi connectivity index (χ0v) is 12.0. The molecular weight excluding hydrogens is 236 g/mol. The van der Waals surface area contributed by atoms with E-state index in [4.69, 9.17) is 5.73 Å². The topological polar surface area (TPSA) is 76.7 Å². The smallest absolute Gasteiger partial charge is 0.329 e. The van der Waals surface area contributed by atoms with Crippen molar-refractivity contribution < 1.29 is 0 Å². The molecule has 0 aromatic carbocycles. The second kappa shape index (κ2) is 5.27. The summed E-state index contributed by atoms with van der Waals surface area (Å²) in [7, 11) is 0. The van der Waals surface area contributed by atoms with Crippen LogP contribution in [0.2, 0.25) is 0 Å². The van der Waals surface area contributed by atoms with Gasteiger partial charge < -0.3 is 5.73 Å². The molecule has 0 fully saturated rings. The summed E-state index contributed by atoms with van der Waals surface area (Å²) in [5.74, 6) is 0. The Bertz CT molecular complexity index is 416. The molecule has 0 bridgehead atoms. The normalized spacial score (nSPS) is 14.3. The van der Waals surface area contributed by atoms with Crippen molar-refractivity contribution in [1.82, 2.24) is 14.8 Å². The van der Waals surface area contributed by atoms with Crippen LogP contribution in [0.4, 0.5) is 0 Å². The van der Waals surface area contributed by atoms with Gasteiger partial charge in [-0.1, -0.05) is 32.5 Å². The van der Waals surface area contributed by atoms with Crippen molar-refractivity contribution in [2.24, 2.45) is 11.1 Å². The molecule has 1 rings (SSSR count). The van der Waals surface area contributed by atoms with E-state index < -0.39 is 0 Å². The van der Waals surface area contributed by atoms with Crippen LogP contribution in [0.1, 0.15) is 40.7 Å². The minimum atomic E-state index is -0.160. The maximum absolute atomic E-state index is 11.6. The zero-order valence-electron chi connectivity index (χ0n) is 11.2. The van der Waals surface area contributed by atoms with Gasteiger partial charge in [0.25, 0.3) is 0 Å². The van der Waals surface area contributed by atoms with Crippen molar-refractivity contribution >= 4 is 11.8 Å². The number of thioether (sulfide) groups is 1. The summed E-state index contributed by atoms with van der Waals surface area (Å²) in [6, 6.07) is 0.0992. The van der Waals surface area contributed by atoms with Gasteiger partial charge >= 0.3 is 5.69 Å². The van der Waals surface area contributed by atoms with E-state index in [-0.39, 0.29) is 22.4 Å². The number of hydrogen-bond donors (Lipinski definition) is 2. The molecule has 5 nitrogen and oxygen atoms in total. The molecule has 0 spiro atoms. The molecule has 1 unspecified atom stereocenters. The highest BCUT2D eigenvalue weighted by Crippen LogP contribution is 2.33. The average molecular weight is 258 g/mol. The van der Waals surface area contributed by atoms with Crippen molar-refractivity contribution in [2.45, 2.75) is 51.1 Å². The molecule has 6 heteroatoms. The Morgan fingerprint density at radius 1 is 1.47 bits per heavy atom. The summed E-state index contributed by atoms with van der Waals surface area (Å²) in [6.07, 6.45) is 0. The Kier molecular flexibility index (Phi) is 4.43. The molecule has 0 amide bonds. The van der Waals surface area contributed by atoms with Gasteiger partial charge in [0.2, 0.25) is 0 Å². The van der Waals surface area contributed by atoms with Gasteiger partial charge in [0.1, 0.15) is 0 Å². The van der Waals surface area contributed by atoms with Crippen LogP contribution in [-0.4, -0.2) is 26.6 Å².